The Morgan fingerprint density at radius 1 is 0.884 bits per heavy atom. The molecule has 4 aromatic rings. The van der Waals surface area contributed by atoms with E-state index in [1.165, 1.54) is 30.3 Å². The van der Waals surface area contributed by atoms with Gasteiger partial charge in [-0.05, 0) is 60.2 Å². The van der Waals surface area contributed by atoms with Crippen LogP contribution in [0.1, 0.15) is 21.9 Å². The van der Waals surface area contributed by atoms with E-state index in [2.05, 4.69) is 5.32 Å². The van der Waals surface area contributed by atoms with Gasteiger partial charge in [-0.25, -0.2) is 13.7 Å². The minimum Gasteiger partial charge on any atom is -0.325 e. The molecule has 6 rings (SSSR count). The molecule has 0 saturated carbocycles. The van der Waals surface area contributed by atoms with Gasteiger partial charge in [0.05, 0.1) is 22.2 Å². The zero-order valence-electron chi connectivity index (χ0n) is 21.6. The van der Waals surface area contributed by atoms with Crippen LogP contribution in [0.3, 0.4) is 0 Å². The largest absolute Gasteiger partial charge is 0.416 e. The van der Waals surface area contributed by atoms with E-state index in [4.69, 9.17) is 0 Å². The van der Waals surface area contributed by atoms with Gasteiger partial charge >= 0.3 is 11.0 Å². The van der Waals surface area contributed by atoms with Crippen molar-refractivity contribution in [3.63, 3.8) is 0 Å². The number of carbonyl (C=O) groups excluding carboxylic acids is 3. The molecule has 1 aromatic heterocycles. The van der Waals surface area contributed by atoms with Gasteiger partial charge in [0.1, 0.15) is 23.4 Å². The van der Waals surface area contributed by atoms with Gasteiger partial charge in [-0.2, -0.15) is 13.2 Å². The standard InChI is InChI=1S/C29H18F5N3O4S2/c30-16-6-4-14(5-7-16)21-22-23(26(40)37(25(22)39)19-3-1-2-15(12-19)29(32,33)34)42-27-24(21)43-28(41)36(27)13-20(38)35-18-10-8-17(31)9-11-18/h1-12,21-23H,13H2,(H,35,38)/t21-,22+,23-/m0/s1. The highest BCUT2D eigenvalue weighted by atomic mass is 32.2. The number of imide groups is 1. The van der Waals surface area contributed by atoms with E-state index in [1.807, 2.05) is 0 Å². The van der Waals surface area contributed by atoms with Crippen molar-refractivity contribution >= 4 is 52.2 Å². The second-order valence-electron chi connectivity index (χ2n) is 9.83. The maximum absolute atomic E-state index is 13.8. The van der Waals surface area contributed by atoms with E-state index in [9.17, 15) is 41.1 Å². The SMILES string of the molecule is O=C(Cn1c2c(sc1=O)[C@@H](c1ccc(F)cc1)[C@H]1C(=O)N(c3cccc(C(F)(F)F)c3)C(=O)[C@H]1S2)Nc1ccc(F)cc1. The van der Waals surface area contributed by atoms with Crippen molar-refractivity contribution in [1.29, 1.82) is 0 Å². The molecule has 7 nitrogen and oxygen atoms in total. The third kappa shape index (κ3) is 5.25. The summed E-state index contributed by atoms with van der Waals surface area (Å²) in [5.41, 5.74) is -0.594. The molecule has 0 bridgehead atoms. The minimum absolute atomic E-state index is 0.242. The number of thioether (sulfide) groups is 1. The van der Waals surface area contributed by atoms with Crippen LogP contribution < -0.4 is 15.1 Å². The highest BCUT2D eigenvalue weighted by molar-refractivity contribution is 8.00. The predicted molar refractivity (Wildman–Crippen MR) is 149 cm³/mol. The Kier molecular flexibility index (Phi) is 7.21. The molecule has 43 heavy (non-hydrogen) atoms. The second-order valence-corrected chi connectivity index (χ2v) is 12.0. The molecule has 2 aliphatic rings. The fourth-order valence-corrected chi connectivity index (χ4v) is 8.01. The number of benzene rings is 3. The van der Waals surface area contributed by atoms with Gasteiger partial charge in [0.15, 0.2) is 0 Å². The lowest BCUT2D eigenvalue weighted by Crippen LogP contribution is -2.33. The van der Waals surface area contributed by atoms with Crippen molar-refractivity contribution < 1.29 is 36.3 Å². The summed E-state index contributed by atoms with van der Waals surface area (Å²) in [6.07, 6.45) is -4.71. The number of carbonyl (C=O) groups is 3. The van der Waals surface area contributed by atoms with Crippen molar-refractivity contribution in [2.75, 3.05) is 10.2 Å². The number of hydrogen-bond donors (Lipinski definition) is 1. The molecule has 1 N–H and O–H groups in total. The first-order valence-electron chi connectivity index (χ1n) is 12.7. The number of halogens is 5. The van der Waals surface area contributed by atoms with Crippen LogP contribution in [-0.4, -0.2) is 27.5 Å². The van der Waals surface area contributed by atoms with Crippen LogP contribution in [0, 0.1) is 17.6 Å². The van der Waals surface area contributed by atoms with Crippen LogP contribution >= 0.6 is 23.1 Å². The maximum Gasteiger partial charge on any atom is 0.416 e. The van der Waals surface area contributed by atoms with Gasteiger partial charge < -0.3 is 5.32 Å². The lowest BCUT2D eigenvalue weighted by Gasteiger charge is -2.30. The summed E-state index contributed by atoms with van der Waals surface area (Å²) in [5, 5.41) is 1.66. The highest BCUT2D eigenvalue weighted by Gasteiger charge is 2.57. The Labute approximate surface area is 247 Å². The third-order valence-electron chi connectivity index (χ3n) is 7.14. The molecule has 1 fully saturated rings. The van der Waals surface area contributed by atoms with Crippen LogP contribution in [0.2, 0.25) is 0 Å². The lowest BCUT2D eigenvalue weighted by molar-refractivity contribution is -0.137. The summed E-state index contributed by atoms with van der Waals surface area (Å²) in [7, 11) is 0. The van der Waals surface area contributed by atoms with Crippen LogP contribution in [0.4, 0.5) is 33.3 Å². The number of nitrogens with one attached hydrogen (secondary N) is 1. The number of aromatic nitrogens is 1. The first-order valence-corrected chi connectivity index (χ1v) is 14.4. The molecule has 2 aliphatic heterocycles. The fourth-order valence-electron chi connectivity index (χ4n) is 5.24. The van der Waals surface area contributed by atoms with E-state index in [-0.39, 0.29) is 16.4 Å². The molecule has 3 atom stereocenters. The quantitative estimate of drug-likeness (QED) is 0.228. The molecule has 3 aromatic carbocycles. The molecule has 0 radical (unpaired) electrons. The van der Waals surface area contributed by atoms with Gasteiger partial charge in [-0.1, -0.05) is 41.3 Å². The van der Waals surface area contributed by atoms with Crippen molar-refractivity contribution in [1.82, 2.24) is 4.57 Å². The van der Waals surface area contributed by atoms with E-state index in [0.717, 1.165) is 70.1 Å². The number of fused-ring (bicyclic) bond motifs is 2. The Morgan fingerprint density at radius 2 is 1.53 bits per heavy atom. The monoisotopic (exact) mass is 631 g/mol. The summed E-state index contributed by atoms with van der Waals surface area (Å²) in [5.74, 6) is -5.27. The molecular formula is C29H18F5N3O4S2. The Balaban J connectivity index is 1.40. The molecule has 3 heterocycles. The van der Waals surface area contributed by atoms with Gasteiger partial charge in [0.25, 0.3) is 0 Å². The van der Waals surface area contributed by atoms with E-state index in [0.29, 0.717) is 15.3 Å². The van der Waals surface area contributed by atoms with Gasteiger partial charge in [0, 0.05) is 16.5 Å². The molecule has 1 saturated heterocycles. The van der Waals surface area contributed by atoms with E-state index in [1.54, 1.807) is 0 Å². The second kappa shape index (κ2) is 10.8. The van der Waals surface area contributed by atoms with Crippen molar-refractivity contribution in [2.24, 2.45) is 5.92 Å². The summed E-state index contributed by atoms with van der Waals surface area (Å²) < 4.78 is 68.6. The number of hydrogen-bond acceptors (Lipinski definition) is 6. The molecule has 0 unspecified atom stereocenters. The molecule has 3 amide bonds. The number of nitrogens with zero attached hydrogens (tertiary/aromatic N) is 2. The minimum atomic E-state index is -4.71. The molecule has 0 aliphatic carbocycles. The fraction of sp³-hybridized carbons (Fsp3) is 0.172. The molecular weight excluding hydrogens is 613 g/mol. The third-order valence-corrected chi connectivity index (χ3v) is 9.74. The summed E-state index contributed by atoms with van der Waals surface area (Å²) in [6, 6.07) is 14.0. The zero-order chi connectivity index (χ0) is 30.6. The molecule has 14 heteroatoms. The zero-order valence-corrected chi connectivity index (χ0v) is 23.2. The van der Waals surface area contributed by atoms with Crippen molar-refractivity contribution in [3.05, 3.63) is 110 Å². The summed E-state index contributed by atoms with van der Waals surface area (Å²) >= 11 is 1.64. The lowest BCUT2D eigenvalue weighted by atomic mass is 9.83. The Bertz CT molecular complexity index is 1820. The van der Waals surface area contributed by atoms with E-state index < -0.39 is 69.6 Å². The van der Waals surface area contributed by atoms with Gasteiger partial charge in [-0.15, -0.1) is 0 Å². The summed E-state index contributed by atoms with van der Waals surface area (Å²) in [4.78, 5) is 54.1. The number of rotatable bonds is 5. The van der Waals surface area contributed by atoms with Crippen LogP contribution in [-0.2, 0) is 27.1 Å². The number of anilines is 2. The molecule has 220 valence electrons. The first kappa shape index (κ1) is 28.8. The highest BCUT2D eigenvalue weighted by Crippen LogP contribution is 2.54. The Hall–Kier alpha value is -4.30. The van der Waals surface area contributed by atoms with Crippen molar-refractivity contribution in [3.8, 4) is 0 Å². The Morgan fingerprint density at radius 3 is 2.19 bits per heavy atom. The predicted octanol–water partition coefficient (Wildman–Crippen LogP) is 5.64. The topological polar surface area (TPSA) is 88.5 Å². The van der Waals surface area contributed by atoms with Crippen LogP contribution in [0.5, 0.6) is 0 Å². The van der Waals surface area contributed by atoms with Gasteiger partial charge in [0.2, 0.25) is 17.7 Å². The van der Waals surface area contributed by atoms with E-state index >= 15 is 0 Å². The summed E-state index contributed by atoms with van der Waals surface area (Å²) in [6.45, 7) is -0.470. The normalized spacial score (nSPS) is 19.7. The molecule has 0 spiro atoms. The van der Waals surface area contributed by atoms with Crippen LogP contribution in [0.15, 0.2) is 82.6 Å². The smallest absolute Gasteiger partial charge is 0.325 e. The number of alkyl halides is 3. The van der Waals surface area contributed by atoms with Gasteiger partial charge in [-0.3, -0.25) is 23.7 Å². The first-order chi connectivity index (χ1) is 20.4. The number of thiazole rings is 1. The van der Waals surface area contributed by atoms with Crippen molar-refractivity contribution in [2.45, 2.75) is 28.9 Å². The van der Waals surface area contributed by atoms with Crippen LogP contribution in [0.25, 0.3) is 0 Å². The average molecular weight is 632 g/mol. The maximum atomic E-state index is 13.8. The number of amides is 3. The average Bonchev–Trinajstić information content (AvgIpc) is 3.40.